The van der Waals surface area contributed by atoms with E-state index >= 15 is 0 Å². The average molecular weight is 367 g/mol. The Morgan fingerprint density at radius 3 is 2.48 bits per heavy atom. The molecule has 2 aromatic rings. The summed E-state index contributed by atoms with van der Waals surface area (Å²) in [6.07, 6.45) is 3.63. The highest BCUT2D eigenvalue weighted by atomic mass is 79.9. The lowest BCUT2D eigenvalue weighted by atomic mass is 9.97. The summed E-state index contributed by atoms with van der Waals surface area (Å²) in [5.41, 5.74) is 3.81. The van der Waals surface area contributed by atoms with Crippen LogP contribution in [0.3, 0.4) is 0 Å². The van der Waals surface area contributed by atoms with Gasteiger partial charge in [-0.1, -0.05) is 65.1 Å². The molecule has 3 heteroatoms. The van der Waals surface area contributed by atoms with Crippen molar-refractivity contribution < 1.29 is 0 Å². The SMILES string of the molecule is CCCCc1ccc(C(NC)c2cc(Cl)ccc2Br)cc1. The quantitative estimate of drug-likeness (QED) is 0.686. The van der Waals surface area contributed by atoms with Gasteiger partial charge in [-0.05, 0) is 54.8 Å². The zero-order chi connectivity index (χ0) is 15.2. The lowest BCUT2D eigenvalue weighted by Gasteiger charge is -2.19. The van der Waals surface area contributed by atoms with Crippen molar-refractivity contribution in [1.82, 2.24) is 5.32 Å². The minimum atomic E-state index is 0.137. The van der Waals surface area contributed by atoms with Gasteiger partial charge < -0.3 is 5.32 Å². The number of nitrogens with one attached hydrogen (secondary N) is 1. The number of aryl methyl sites for hydroxylation is 1. The summed E-state index contributed by atoms with van der Waals surface area (Å²) in [4.78, 5) is 0. The fraction of sp³-hybridized carbons (Fsp3) is 0.333. The molecule has 0 aromatic heterocycles. The van der Waals surface area contributed by atoms with Gasteiger partial charge in [0, 0.05) is 9.50 Å². The lowest BCUT2D eigenvalue weighted by Crippen LogP contribution is -2.18. The molecular weight excluding hydrogens is 346 g/mol. The summed E-state index contributed by atoms with van der Waals surface area (Å²) >= 11 is 9.76. The van der Waals surface area contributed by atoms with Crippen molar-refractivity contribution >= 4 is 27.5 Å². The van der Waals surface area contributed by atoms with Crippen LogP contribution in [0, 0.1) is 0 Å². The Balaban J connectivity index is 2.26. The molecule has 21 heavy (non-hydrogen) atoms. The van der Waals surface area contributed by atoms with Crippen LogP contribution in [0.2, 0.25) is 5.02 Å². The molecule has 0 radical (unpaired) electrons. The Hall–Kier alpha value is -0.830. The van der Waals surface area contributed by atoms with Crippen molar-refractivity contribution in [2.45, 2.75) is 32.2 Å². The number of benzene rings is 2. The third-order valence-electron chi connectivity index (χ3n) is 3.69. The van der Waals surface area contributed by atoms with Crippen molar-refractivity contribution in [3.8, 4) is 0 Å². The Labute approximate surface area is 140 Å². The van der Waals surface area contributed by atoms with Gasteiger partial charge in [-0.3, -0.25) is 0 Å². The van der Waals surface area contributed by atoms with Crippen LogP contribution in [0.15, 0.2) is 46.9 Å². The van der Waals surface area contributed by atoms with E-state index in [9.17, 15) is 0 Å². The Morgan fingerprint density at radius 1 is 1.14 bits per heavy atom. The maximum absolute atomic E-state index is 6.14. The topological polar surface area (TPSA) is 12.0 Å². The third kappa shape index (κ3) is 4.32. The summed E-state index contributed by atoms with van der Waals surface area (Å²) in [5.74, 6) is 0. The maximum Gasteiger partial charge on any atom is 0.0585 e. The van der Waals surface area contributed by atoms with Gasteiger partial charge in [-0.2, -0.15) is 0 Å². The zero-order valence-electron chi connectivity index (χ0n) is 12.5. The monoisotopic (exact) mass is 365 g/mol. The maximum atomic E-state index is 6.14. The molecule has 1 atom stereocenters. The first-order valence-electron chi connectivity index (χ1n) is 7.36. The van der Waals surface area contributed by atoms with Gasteiger partial charge >= 0.3 is 0 Å². The van der Waals surface area contributed by atoms with Crippen LogP contribution in [-0.2, 0) is 6.42 Å². The first-order valence-corrected chi connectivity index (χ1v) is 8.54. The van der Waals surface area contributed by atoms with Gasteiger partial charge in [0.05, 0.1) is 6.04 Å². The summed E-state index contributed by atoms with van der Waals surface area (Å²) in [6.45, 7) is 2.22. The second-order valence-corrected chi connectivity index (χ2v) is 6.52. The molecule has 0 fully saturated rings. The van der Waals surface area contributed by atoms with E-state index in [2.05, 4.69) is 52.4 Å². The molecule has 0 spiro atoms. The van der Waals surface area contributed by atoms with E-state index in [0.717, 1.165) is 21.5 Å². The van der Waals surface area contributed by atoms with E-state index in [1.54, 1.807) is 0 Å². The van der Waals surface area contributed by atoms with Crippen LogP contribution in [-0.4, -0.2) is 7.05 Å². The standard InChI is InChI=1S/C18H21BrClN/c1-3-4-5-13-6-8-14(9-7-13)18(21-2)16-12-15(20)10-11-17(16)19/h6-12,18,21H,3-5H2,1-2H3. The van der Waals surface area contributed by atoms with E-state index in [1.807, 2.05) is 25.2 Å². The number of rotatable bonds is 6. The van der Waals surface area contributed by atoms with Gasteiger partial charge in [-0.25, -0.2) is 0 Å². The van der Waals surface area contributed by atoms with Gasteiger partial charge in [0.25, 0.3) is 0 Å². The van der Waals surface area contributed by atoms with Crippen LogP contribution in [0.4, 0.5) is 0 Å². The molecule has 112 valence electrons. The van der Waals surface area contributed by atoms with E-state index in [4.69, 9.17) is 11.6 Å². The predicted molar refractivity (Wildman–Crippen MR) is 95.1 cm³/mol. The van der Waals surface area contributed by atoms with E-state index in [0.29, 0.717) is 0 Å². The van der Waals surface area contributed by atoms with E-state index < -0.39 is 0 Å². The molecule has 0 bridgehead atoms. The second kappa shape index (κ2) is 7.98. The summed E-state index contributed by atoms with van der Waals surface area (Å²) in [6, 6.07) is 14.9. The highest BCUT2D eigenvalue weighted by Gasteiger charge is 2.15. The van der Waals surface area contributed by atoms with Gasteiger partial charge in [0.15, 0.2) is 0 Å². The van der Waals surface area contributed by atoms with Crippen LogP contribution >= 0.6 is 27.5 Å². The molecule has 0 aliphatic heterocycles. The molecule has 2 rings (SSSR count). The molecule has 2 aromatic carbocycles. The molecule has 0 heterocycles. The summed E-state index contributed by atoms with van der Waals surface area (Å²) < 4.78 is 1.07. The Bertz CT molecular complexity index is 580. The van der Waals surface area contributed by atoms with Crippen molar-refractivity contribution in [2.75, 3.05) is 7.05 Å². The fourth-order valence-corrected chi connectivity index (χ4v) is 3.15. The molecule has 0 saturated carbocycles. The normalized spacial score (nSPS) is 12.4. The number of halogens is 2. The Morgan fingerprint density at radius 2 is 1.86 bits per heavy atom. The predicted octanol–water partition coefficient (Wildman–Crippen LogP) is 5.75. The number of hydrogen-bond donors (Lipinski definition) is 1. The van der Waals surface area contributed by atoms with Crippen LogP contribution < -0.4 is 5.32 Å². The molecule has 0 saturated heterocycles. The van der Waals surface area contributed by atoms with Crippen molar-refractivity contribution in [1.29, 1.82) is 0 Å². The van der Waals surface area contributed by atoms with E-state index in [-0.39, 0.29) is 6.04 Å². The van der Waals surface area contributed by atoms with Crippen molar-refractivity contribution in [3.63, 3.8) is 0 Å². The minimum Gasteiger partial charge on any atom is -0.309 e. The van der Waals surface area contributed by atoms with Gasteiger partial charge in [0.2, 0.25) is 0 Å². The molecule has 0 aliphatic rings. The van der Waals surface area contributed by atoms with Gasteiger partial charge in [-0.15, -0.1) is 0 Å². The third-order valence-corrected chi connectivity index (χ3v) is 4.65. The minimum absolute atomic E-state index is 0.137. The molecule has 1 unspecified atom stereocenters. The Kier molecular flexibility index (Phi) is 6.28. The first-order chi connectivity index (χ1) is 10.2. The number of unbranched alkanes of at least 4 members (excludes halogenated alkanes) is 1. The average Bonchev–Trinajstić information content (AvgIpc) is 2.50. The highest BCUT2D eigenvalue weighted by Crippen LogP contribution is 2.31. The van der Waals surface area contributed by atoms with Crippen molar-refractivity contribution in [2.24, 2.45) is 0 Å². The molecule has 0 amide bonds. The molecular formula is C18H21BrClN. The molecule has 1 N–H and O–H groups in total. The second-order valence-electron chi connectivity index (χ2n) is 5.23. The first kappa shape index (κ1) is 16.5. The zero-order valence-corrected chi connectivity index (χ0v) is 14.8. The van der Waals surface area contributed by atoms with Crippen LogP contribution in [0.5, 0.6) is 0 Å². The smallest absolute Gasteiger partial charge is 0.0585 e. The highest BCUT2D eigenvalue weighted by molar-refractivity contribution is 9.10. The summed E-state index contributed by atoms with van der Waals surface area (Å²) in [7, 11) is 1.98. The largest absolute Gasteiger partial charge is 0.309 e. The van der Waals surface area contributed by atoms with E-state index in [1.165, 1.54) is 24.0 Å². The van der Waals surface area contributed by atoms with Gasteiger partial charge in [0.1, 0.15) is 0 Å². The lowest BCUT2D eigenvalue weighted by molar-refractivity contribution is 0.688. The van der Waals surface area contributed by atoms with Crippen LogP contribution in [0.1, 0.15) is 42.5 Å². The molecule has 0 aliphatic carbocycles. The number of hydrogen-bond acceptors (Lipinski definition) is 1. The van der Waals surface area contributed by atoms with Crippen LogP contribution in [0.25, 0.3) is 0 Å². The summed E-state index contributed by atoms with van der Waals surface area (Å²) in [5, 5.41) is 4.13. The molecule has 1 nitrogen and oxygen atoms in total. The fourth-order valence-electron chi connectivity index (χ4n) is 2.50. The van der Waals surface area contributed by atoms with Crippen molar-refractivity contribution in [3.05, 3.63) is 68.7 Å².